The molecule has 2 aliphatic heterocycles. The Kier molecular flexibility index (Phi) is 6.22. The van der Waals surface area contributed by atoms with Gasteiger partial charge in [0.2, 0.25) is 11.8 Å². The minimum absolute atomic E-state index is 0.0729. The molecule has 1 N–H and O–H groups in total. The first-order valence-electron chi connectivity index (χ1n) is 9.42. The number of allylic oxidation sites excluding steroid dienone is 1. The van der Waals surface area contributed by atoms with Crippen molar-refractivity contribution < 1.29 is 9.59 Å². The molecule has 6 heteroatoms. The smallest absolute Gasteiger partial charge is 0.233 e. The SMILES string of the molecule is Cc1ccc([C@@H]2CC(=O)NC(SCC(=O)N3CCCC[C@H]3C)=C2C#N)cc1. The first-order chi connectivity index (χ1) is 13.0. The number of aryl methyl sites for hydroxylation is 1. The van der Waals surface area contributed by atoms with Gasteiger partial charge in [-0.3, -0.25) is 9.59 Å². The number of nitrogens with zero attached hydrogens (tertiary/aromatic N) is 2. The van der Waals surface area contributed by atoms with E-state index in [4.69, 9.17) is 0 Å². The van der Waals surface area contributed by atoms with Crippen molar-refractivity contribution in [3.63, 3.8) is 0 Å². The third-order valence-corrected chi connectivity index (χ3v) is 6.30. The van der Waals surface area contributed by atoms with Gasteiger partial charge >= 0.3 is 0 Å². The van der Waals surface area contributed by atoms with Crippen LogP contribution in [-0.2, 0) is 9.59 Å². The molecule has 3 rings (SSSR count). The number of carbonyl (C=O) groups is 2. The molecule has 5 nitrogen and oxygen atoms in total. The quantitative estimate of drug-likeness (QED) is 0.864. The number of likely N-dealkylation sites (tertiary alicyclic amines) is 1. The second-order valence-corrected chi connectivity index (χ2v) is 8.28. The Morgan fingerprint density at radius 1 is 1.33 bits per heavy atom. The highest BCUT2D eigenvalue weighted by Crippen LogP contribution is 2.36. The van der Waals surface area contributed by atoms with Crippen molar-refractivity contribution in [3.05, 3.63) is 46.0 Å². The molecule has 142 valence electrons. The first-order valence-corrected chi connectivity index (χ1v) is 10.4. The number of thioether (sulfide) groups is 1. The Morgan fingerprint density at radius 3 is 2.74 bits per heavy atom. The Labute approximate surface area is 164 Å². The topological polar surface area (TPSA) is 73.2 Å². The van der Waals surface area contributed by atoms with Gasteiger partial charge in [-0.1, -0.05) is 41.6 Å². The lowest BCUT2D eigenvalue weighted by Crippen LogP contribution is -2.43. The highest BCUT2D eigenvalue weighted by atomic mass is 32.2. The van der Waals surface area contributed by atoms with Gasteiger partial charge in [-0.05, 0) is 38.7 Å². The van der Waals surface area contributed by atoms with E-state index in [1.54, 1.807) is 0 Å². The summed E-state index contributed by atoms with van der Waals surface area (Å²) in [5.74, 6) is -0.0495. The molecule has 27 heavy (non-hydrogen) atoms. The van der Waals surface area contributed by atoms with E-state index < -0.39 is 0 Å². The third-order valence-electron chi connectivity index (χ3n) is 5.30. The van der Waals surface area contributed by atoms with E-state index in [1.807, 2.05) is 36.1 Å². The van der Waals surface area contributed by atoms with Crippen molar-refractivity contribution in [2.45, 2.75) is 51.5 Å². The van der Waals surface area contributed by atoms with Crippen LogP contribution in [0, 0.1) is 18.3 Å². The average molecular weight is 384 g/mol. The normalized spacial score (nSPS) is 23.0. The van der Waals surface area contributed by atoms with E-state index in [-0.39, 0.29) is 35.9 Å². The van der Waals surface area contributed by atoms with Gasteiger partial charge in [-0.2, -0.15) is 5.26 Å². The number of amides is 2. The lowest BCUT2D eigenvalue weighted by atomic mass is 9.87. The fourth-order valence-corrected chi connectivity index (χ4v) is 4.66. The van der Waals surface area contributed by atoms with Gasteiger partial charge in [-0.15, -0.1) is 0 Å². The summed E-state index contributed by atoms with van der Waals surface area (Å²) in [6.07, 6.45) is 3.50. The first kappa shape index (κ1) is 19.5. The summed E-state index contributed by atoms with van der Waals surface area (Å²) >= 11 is 1.27. The standard InChI is InChI=1S/C21H25N3O2S/c1-14-6-8-16(9-7-14)17-11-19(25)23-21(18(17)12-22)27-13-20(26)24-10-4-3-5-15(24)2/h6-9,15,17H,3-5,10-11,13H2,1-2H3,(H,23,25)/t15-,17+/m1/s1. The Balaban J connectivity index is 1.77. The van der Waals surface area contributed by atoms with Crippen LogP contribution < -0.4 is 5.32 Å². The molecule has 2 heterocycles. The number of hydrogen-bond acceptors (Lipinski definition) is 4. The zero-order valence-corrected chi connectivity index (χ0v) is 16.6. The van der Waals surface area contributed by atoms with Gasteiger partial charge in [0.1, 0.15) is 0 Å². The Hall–Kier alpha value is -2.26. The number of nitriles is 1. The van der Waals surface area contributed by atoms with Gasteiger partial charge < -0.3 is 10.2 Å². The molecule has 0 bridgehead atoms. The van der Waals surface area contributed by atoms with Crippen molar-refractivity contribution in [2.75, 3.05) is 12.3 Å². The summed E-state index contributed by atoms with van der Waals surface area (Å²) in [6, 6.07) is 10.5. The number of benzene rings is 1. The van der Waals surface area contributed by atoms with Crippen LogP contribution >= 0.6 is 11.8 Å². The van der Waals surface area contributed by atoms with E-state index in [1.165, 1.54) is 11.8 Å². The second kappa shape index (κ2) is 8.62. The molecular weight excluding hydrogens is 358 g/mol. The Morgan fingerprint density at radius 2 is 2.07 bits per heavy atom. The minimum Gasteiger partial charge on any atom is -0.339 e. The number of hydrogen-bond donors (Lipinski definition) is 1. The highest BCUT2D eigenvalue weighted by molar-refractivity contribution is 8.03. The summed E-state index contributed by atoms with van der Waals surface area (Å²) in [5, 5.41) is 13.1. The van der Waals surface area contributed by atoms with Gasteiger partial charge in [0, 0.05) is 24.9 Å². The largest absolute Gasteiger partial charge is 0.339 e. The van der Waals surface area contributed by atoms with E-state index in [9.17, 15) is 14.9 Å². The summed E-state index contributed by atoms with van der Waals surface area (Å²) in [5.41, 5.74) is 2.64. The number of carbonyl (C=O) groups excluding carboxylic acids is 2. The third kappa shape index (κ3) is 4.54. The maximum Gasteiger partial charge on any atom is 0.233 e. The van der Waals surface area contributed by atoms with Crippen molar-refractivity contribution in [2.24, 2.45) is 0 Å². The van der Waals surface area contributed by atoms with Crippen LogP contribution in [0.5, 0.6) is 0 Å². The summed E-state index contributed by atoms with van der Waals surface area (Å²) in [4.78, 5) is 26.7. The van der Waals surface area contributed by atoms with Crippen LogP contribution in [0.2, 0.25) is 0 Å². The number of piperidine rings is 1. The van der Waals surface area contributed by atoms with Crippen LogP contribution in [0.15, 0.2) is 34.9 Å². The molecule has 1 aromatic carbocycles. The highest BCUT2D eigenvalue weighted by Gasteiger charge is 2.30. The van der Waals surface area contributed by atoms with Crippen molar-refractivity contribution in [3.8, 4) is 6.07 Å². The predicted molar refractivity (Wildman–Crippen MR) is 107 cm³/mol. The number of rotatable bonds is 4. The fourth-order valence-electron chi connectivity index (χ4n) is 3.70. The molecule has 2 aliphatic rings. The molecule has 1 saturated heterocycles. The summed E-state index contributed by atoms with van der Waals surface area (Å²) in [6.45, 7) is 4.88. The summed E-state index contributed by atoms with van der Waals surface area (Å²) < 4.78 is 0. The van der Waals surface area contributed by atoms with Crippen molar-refractivity contribution in [1.82, 2.24) is 10.2 Å². The van der Waals surface area contributed by atoms with Crippen LogP contribution in [0.25, 0.3) is 0 Å². The minimum atomic E-state index is -0.254. The molecule has 1 fully saturated rings. The average Bonchev–Trinajstić information content (AvgIpc) is 2.66. The van der Waals surface area contributed by atoms with E-state index in [0.717, 1.165) is 36.9 Å². The van der Waals surface area contributed by atoms with Gasteiger partial charge in [0.05, 0.1) is 22.4 Å². The maximum atomic E-state index is 12.6. The zero-order chi connectivity index (χ0) is 19.4. The van der Waals surface area contributed by atoms with Crippen LogP contribution in [0.1, 0.15) is 49.7 Å². The molecule has 1 aromatic rings. The van der Waals surface area contributed by atoms with Gasteiger partial charge in [0.25, 0.3) is 0 Å². The molecule has 2 amide bonds. The molecule has 0 aliphatic carbocycles. The number of nitrogens with one attached hydrogen (secondary N) is 1. The van der Waals surface area contributed by atoms with Crippen molar-refractivity contribution >= 4 is 23.6 Å². The molecule has 2 atom stereocenters. The molecule has 0 aromatic heterocycles. The van der Waals surface area contributed by atoms with Crippen LogP contribution in [-0.4, -0.2) is 35.1 Å². The monoisotopic (exact) mass is 383 g/mol. The Bertz CT molecular complexity index is 795. The fraction of sp³-hybridized carbons (Fsp3) is 0.476. The summed E-state index contributed by atoms with van der Waals surface area (Å²) in [7, 11) is 0. The molecule has 0 radical (unpaired) electrons. The predicted octanol–water partition coefficient (Wildman–Crippen LogP) is 3.47. The lowest BCUT2D eigenvalue weighted by molar-refractivity contribution is -0.131. The van der Waals surface area contributed by atoms with Crippen LogP contribution in [0.4, 0.5) is 0 Å². The lowest BCUT2D eigenvalue weighted by Gasteiger charge is -2.33. The van der Waals surface area contributed by atoms with E-state index in [0.29, 0.717) is 10.6 Å². The molecule has 0 unspecified atom stereocenters. The maximum absolute atomic E-state index is 12.6. The van der Waals surface area contributed by atoms with Gasteiger partial charge in [-0.25, -0.2) is 0 Å². The zero-order valence-electron chi connectivity index (χ0n) is 15.8. The molecule has 0 spiro atoms. The molecular formula is C21H25N3O2S. The van der Waals surface area contributed by atoms with Crippen molar-refractivity contribution in [1.29, 1.82) is 5.26 Å². The van der Waals surface area contributed by atoms with Gasteiger partial charge in [0.15, 0.2) is 0 Å². The molecule has 0 saturated carbocycles. The second-order valence-electron chi connectivity index (χ2n) is 7.29. The van der Waals surface area contributed by atoms with E-state index >= 15 is 0 Å². The van der Waals surface area contributed by atoms with Crippen LogP contribution in [0.3, 0.4) is 0 Å². The van der Waals surface area contributed by atoms with E-state index in [2.05, 4.69) is 18.3 Å².